The predicted octanol–water partition coefficient (Wildman–Crippen LogP) is 0.991. The Labute approximate surface area is 128 Å². The first-order valence-electron chi connectivity index (χ1n) is 5.44. The average Bonchev–Trinajstić information content (AvgIpc) is 2.75. The molecule has 0 aromatic heterocycles. The molecular weight excluding hydrogens is 377 g/mol. The number of nitrogen functional groups attached to an aromatic ring is 1. The Kier molecular flexibility index (Phi) is 4.24. The van der Waals surface area contributed by atoms with Crippen molar-refractivity contribution >= 4 is 49.1 Å². The van der Waals surface area contributed by atoms with Gasteiger partial charge in [0.25, 0.3) is 0 Å². The minimum Gasteiger partial charge on any atom is -0.395 e. The van der Waals surface area contributed by atoms with Gasteiger partial charge in [-0.15, -0.1) is 0 Å². The zero-order valence-corrected chi connectivity index (χ0v) is 13.1. The van der Waals surface area contributed by atoms with Crippen LogP contribution in [0, 0.1) is 5.82 Å². The van der Waals surface area contributed by atoms with Crippen LogP contribution in [-0.2, 0) is 14.8 Å². The number of sulfonamides is 1. The van der Waals surface area contributed by atoms with E-state index < -0.39 is 32.5 Å². The molecule has 1 aliphatic rings. The van der Waals surface area contributed by atoms with Gasteiger partial charge in [0.05, 0.1) is 15.2 Å². The van der Waals surface area contributed by atoms with Crippen LogP contribution in [0.2, 0.25) is 5.02 Å². The fraction of sp³-hybridized carbons (Fsp3) is 0.300. The van der Waals surface area contributed by atoms with E-state index in [0.717, 1.165) is 6.07 Å². The Bertz CT molecular complexity index is 683. The number of carbonyl (C=O) groups excluding carboxylic acids is 1. The lowest BCUT2D eigenvalue weighted by Crippen LogP contribution is -2.36. The van der Waals surface area contributed by atoms with Gasteiger partial charge in [-0.25, -0.2) is 17.5 Å². The maximum atomic E-state index is 14.0. The molecule has 0 saturated carbocycles. The zero-order valence-electron chi connectivity index (χ0n) is 9.91. The Morgan fingerprint density at radius 2 is 2.20 bits per heavy atom. The summed E-state index contributed by atoms with van der Waals surface area (Å²) in [6.45, 7) is 0.152. The Balaban J connectivity index is 2.37. The second kappa shape index (κ2) is 5.47. The summed E-state index contributed by atoms with van der Waals surface area (Å²) in [4.78, 5) is 10.4. The molecule has 1 heterocycles. The molecule has 1 atom stereocenters. The van der Waals surface area contributed by atoms with E-state index in [1.165, 1.54) is 0 Å². The number of amides is 1. The predicted molar refractivity (Wildman–Crippen MR) is 75.3 cm³/mol. The Hall–Kier alpha value is -0.900. The van der Waals surface area contributed by atoms with Crippen molar-refractivity contribution in [1.82, 2.24) is 10.0 Å². The van der Waals surface area contributed by atoms with E-state index in [4.69, 9.17) is 17.3 Å². The lowest BCUT2D eigenvalue weighted by molar-refractivity contribution is -0.119. The summed E-state index contributed by atoms with van der Waals surface area (Å²) in [5.74, 6) is -1.36. The van der Waals surface area contributed by atoms with Crippen LogP contribution in [0.1, 0.15) is 6.42 Å². The summed E-state index contributed by atoms with van der Waals surface area (Å²) in [5.41, 5.74) is 5.06. The van der Waals surface area contributed by atoms with Crippen LogP contribution in [0.4, 0.5) is 10.1 Å². The first kappa shape index (κ1) is 15.5. The van der Waals surface area contributed by atoms with Gasteiger partial charge in [0.15, 0.2) is 5.82 Å². The fourth-order valence-corrected chi connectivity index (χ4v) is 3.68. The number of hydrogen-bond acceptors (Lipinski definition) is 4. The number of nitrogens with one attached hydrogen (secondary N) is 2. The van der Waals surface area contributed by atoms with Crippen molar-refractivity contribution in [3.05, 3.63) is 21.4 Å². The molecule has 1 aromatic rings. The largest absolute Gasteiger partial charge is 0.395 e. The molecule has 1 aliphatic heterocycles. The fourth-order valence-electron chi connectivity index (χ4n) is 1.77. The normalized spacial score (nSPS) is 19.1. The monoisotopic (exact) mass is 385 g/mol. The van der Waals surface area contributed by atoms with Crippen molar-refractivity contribution in [3.8, 4) is 0 Å². The van der Waals surface area contributed by atoms with Gasteiger partial charge < -0.3 is 11.1 Å². The highest BCUT2D eigenvalue weighted by atomic mass is 79.9. The van der Waals surface area contributed by atoms with E-state index >= 15 is 0 Å². The quantitative estimate of drug-likeness (QED) is 0.532. The topological polar surface area (TPSA) is 101 Å². The van der Waals surface area contributed by atoms with Gasteiger partial charge in [0.2, 0.25) is 15.9 Å². The molecule has 0 bridgehead atoms. The molecule has 110 valence electrons. The van der Waals surface area contributed by atoms with Crippen LogP contribution < -0.4 is 15.8 Å². The average molecular weight is 387 g/mol. The van der Waals surface area contributed by atoms with Crippen molar-refractivity contribution in [3.63, 3.8) is 0 Å². The van der Waals surface area contributed by atoms with Crippen molar-refractivity contribution in [2.24, 2.45) is 0 Å². The van der Waals surface area contributed by atoms with Gasteiger partial charge in [-0.2, -0.15) is 0 Å². The molecule has 10 heteroatoms. The van der Waals surface area contributed by atoms with Crippen LogP contribution in [0.25, 0.3) is 0 Å². The number of anilines is 1. The zero-order chi connectivity index (χ0) is 15.1. The third kappa shape index (κ3) is 2.90. The number of carbonyl (C=O) groups is 1. The summed E-state index contributed by atoms with van der Waals surface area (Å²) in [6.07, 6.45) is 0.000587. The van der Waals surface area contributed by atoms with E-state index in [-0.39, 0.29) is 28.4 Å². The molecule has 0 aliphatic carbocycles. The lowest BCUT2D eigenvalue weighted by atomic mass is 10.3. The molecule has 4 N–H and O–H groups in total. The minimum atomic E-state index is -4.16. The second-order valence-electron chi connectivity index (χ2n) is 4.22. The van der Waals surface area contributed by atoms with Crippen LogP contribution in [0.5, 0.6) is 0 Å². The number of rotatable bonds is 3. The summed E-state index contributed by atoms with van der Waals surface area (Å²) in [5, 5.41) is 2.45. The number of halogens is 3. The molecule has 1 unspecified atom stereocenters. The second-order valence-corrected chi connectivity index (χ2v) is 7.11. The first-order chi connectivity index (χ1) is 9.22. The molecule has 6 nitrogen and oxygen atoms in total. The van der Waals surface area contributed by atoms with Crippen molar-refractivity contribution in [2.45, 2.75) is 17.4 Å². The lowest BCUT2D eigenvalue weighted by Gasteiger charge is -2.14. The smallest absolute Gasteiger partial charge is 0.243 e. The van der Waals surface area contributed by atoms with Crippen LogP contribution >= 0.6 is 27.5 Å². The highest BCUT2D eigenvalue weighted by molar-refractivity contribution is 9.10. The highest BCUT2D eigenvalue weighted by Gasteiger charge is 2.30. The minimum absolute atomic E-state index is 0.000587. The standard InChI is InChI=1S/C10H10BrClFN3O3S/c11-8-5(12)2-6(9(13)10(8)14)20(18,19)16-4-1-7(17)15-3-4/h2,4,16H,1,3,14H2,(H,15,17). The third-order valence-electron chi connectivity index (χ3n) is 2.75. The van der Waals surface area contributed by atoms with Gasteiger partial charge in [-0.05, 0) is 22.0 Å². The number of hydrogen-bond donors (Lipinski definition) is 3. The summed E-state index contributed by atoms with van der Waals surface area (Å²) >= 11 is 8.74. The van der Waals surface area contributed by atoms with Crippen LogP contribution in [-0.4, -0.2) is 26.9 Å². The summed E-state index contributed by atoms with van der Waals surface area (Å²) in [7, 11) is -4.16. The highest BCUT2D eigenvalue weighted by Crippen LogP contribution is 2.34. The molecule has 1 amide bonds. The van der Waals surface area contributed by atoms with Crippen LogP contribution in [0.15, 0.2) is 15.4 Å². The molecule has 1 saturated heterocycles. The Morgan fingerprint density at radius 1 is 1.55 bits per heavy atom. The number of nitrogens with two attached hydrogens (primary N) is 1. The maximum Gasteiger partial charge on any atom is 0.243 e. The molecule has 0 spiro atoms. The summed E-state index contributed by atoms with van der Waals surface area (Å²) in [6, 6.07) is 0.333. The molecule has 0 radical (unpaired) electrons. The van der Waals surface area contributed by atoms with E-state index in [0.29, 0.717) is 0 Å². The van der Waals surface area contributed by atoms with E-state index in [1.54, 1.807) is 0 Å². The van der Waals surface area contributed by atoms with E-state index in [1.807, 2.05) is 0 Å². The van der Waals surface area contributed by atoms with Crippen molar-refractivity contribution in [2.75, 3.05) is 12.3 Å². The molecule has 1 aromatic carbocycles. The summed E-state index contributed by atoms with van der Waals surface area (Å²) < 4.78 is 40.5. The molecule has 2 rings (SSSR count). The van der Waals surface area contributed by atoms with Gasteiger partial charge in [-0.1, -0.05) is 11.6 Å². The third-order valence-corrected chi connectivity index (χ3v) is 5.65. The van der Waals surface area contributed by atoms with Crippen LogP contribution in [0.3, 0.4) is 0 Å². The molecule has 20 heavy (non-hydrogen) atoms. The molecular formula is C10H10BrClFN3O3S. The van der Waals surface area contributed by atoms with E-state index in [9.17, 15) is 17.6 Å². The number of benzene rings is 1. The maximum absolute atomic E-state index is 14.0. The van der Waals surface area contributed by atoms with Gasteiger partial charge in [0, 0.05) is 19.0 Å². The van der Waals surface area contributed by atoms with Crippen molar-refractivity contribution < 1.29 is 17.6 Å². The van der Waals surface area contributed by atoms with Crippen molar-refractivity contribution in [1.29, 1.82) is 0 Å². The van der Waals surface area contributed by atoms with E-state index in [2.05, 4.69) is 26.0 Å². The van der Waals surface area contributed by atoms with Gasteiger partial charge in [-0.3, -0.25) is 4.79 Å². The van der Waals surface area contributed by atoms with Gasteiger partial charge in [0.1, 0.15) is 4.90 Å². The Morgan fingerprint density at radius 3 is 2.75 bits per heavy atom. The first-order valence-corrected chi connectivity index (χ1v) is 8.10. The van der Waals surface area contributed by atoms with Gasteiger partial charge >= 0.3 is 0 Å². The molecule has 1 fully saturated rings. The SMILES string of the molecule is Nc1c(F)c(S(=O)(=O)NC2CNC(=O)C2)cc(Cl)c1Br.